The Morgan fingerprint density at radius 2 is 1.90 bits per heavy atom. The van der Waals surface area contributed by atoms with E-state index in [1.807, 2.05) is 30.3 Å². The maximum atomic E-state index is 12.2. The average Bonchev–Trinajstić information content (AvgIpc) is 2.96. The number of rotatable bonds is 3. The number of carbonyl (C=O) groups is 1. The van der Waals surface area contributed by atoms with E-state index in [4.69, 9.17) is 16.1 Å². The van der Waals surface area contributed by atoms with Crippen molar-refractivity contribution in [1.82, 2.24) is 5.16 Å². The molecule has 0 bridgehead atoms. The number of aromatic nitrogens is 1. The van der Waals surface area contributed by atoms with E-state index in [-0.39, 0.29) is 5.91 Å². The van der Waals surface area contributed by atoms with Crippen LogP contribution < -0.4 is 5.32 Å². The second-order valence-electron chi connectivity index (χ2n) is 4.40. The maximum absolute atomic E-state index is 12.2. The molecule has 5 heteroatoms. The molecular formula is C16H11ClN2O2. The lowest BCUT2D eigenvalue weighted by molar-refractivity contribution is 0.102. The number of anilines is 1. The highest BCUT2D eigenvalue weighted by atomic mass is 35.5. The highest BCUT2D eigenvalue weighted by Crippen LogP contribution is 2.27. The number of benzene rings is 2. The molecule has 0 aliphatic rings. The third-order valence-electron chi connectivity index (χ3n) is 2.97. The molecule has 0 saturated heterocycles. The van der Waals surface area contributed by atoms with Gasteiger partial charge in [-0.15, -0.1) is 0 Å². The van der Waals surface area contributed by atoms with E-state index in [0.29, 0.717) is 16.5 Å². The Kier molecular flexibility index (Phi) is 3.71. The molecule has 0 spiro atoms. The van der Waals surface area contributed by atoms with Crippen LogP contribution in [0.25, 0.3) is 11.1 Å². The van der Waals surface area contributed by atoms with Crippen molar-refractivity contribution in [3.63, 3.8) is 0 Å². The van der Waals surface area contributed by atoms with Crippen LogP contribution in [-0.4, -0.2) is 11.1 Å². The first-order chi connectivity index (χ1) is 10.2. The Balaban J connectivity index is 1.87. The molecule has 0 fully saturated rings. The summed E-state index contributed by atoms with van der Waals surface area (Å²) in [5.74, 6) is 0.0117. The summed E-state index contributed by atoms with van der Waals surface area (Å²) >= 11 is 5.88. The summed E-state index contributed by atoms with van der Waals surface area (Å²) in [6, 6.07) is 16.3. The van der Waals surface area contributed by atoms with Crippen LogP contribution >= 0.6 is 11.6 Å². The van der Waals surface area contributed by atoms with Crippen molar-refractivity contribution in [3.05, 3.63) is 71.4 Å². The highest BCUT2D eigenvalue weighted by molar-refractivity contribution is 6.31. The van der Waals surface area contributed by atoms with Crippen molar-refractivity contribution < 1.29 is 9.32 Å². The van der Waals surface area contributed by atoms with E-state index in [9.17, 15) is 4.79 Å². The lowest BCUT2D eigenvalue weighted by Crippen LogP contribution is -2.11. The lowest BCUT2D eigenvalue weighted by Gasteiger charge is -2.04. The summed E-state index contributed by atoms with van der Waals surface area (Å²) in [5.41, 5.74) is 2.10. The molecule has 1 amide bonds. The predicted octanol–water partition coefficient (Wildman–Crippen LogP) is 4.25. The van der Waals surface area contributed by atoms with Crippen molar-refractivity contribution in [2.24, 2.45) is 0 Å². The van der Waals surface area contributed by atoms with Crippen LogP contribution in [0.4, 0.5) is 5.88 Å². The molecule has 21 heavy (non-hydrogen) atoms. The largest absolute Gasteiger partial charge is 0.338 e. The van der Waals surface area contributed by atoms with Crippen molar-refractivity contribution in [2.75, 3.05) is 5.32 Å². The summed E-state index contributed by atoms with van der Waals surface area (Å²) in [6.45, 7) is 0. The van der Waals surface area contributed by atoms with E-state index in [1.165, 1.54) is 0 Å². The fraction of sp³-hybridized carbons (Fsp3) is 0. The van der Waals surface area contributed by atoms with E-state index in [1.54, 1.807) is 30.5 Å². The van der Waals surface area contributed by atoms with Crippen molar-refractivity contribution in [3.8, 4) is 11.1 Å². The zero-order valence-electron chi connectivity index (χ0n) is 10.9. The Morgan fingerprint density at radius 1 is 1.10 bits per heavy atom. The molecule has 0 aliphatic carbocycles. The fourth-order valence-corrected chi connectivity index (χ4v) is 2.15. The minimum Gasteiger partial charge on any atom is -0.338 e. The average molecular weight is 299 g/mol. The van der Waals surface area contributed by atoms with Crippen LogP contribution in [0.5, 0.6) is 0 Å². The molecule has 3 aromatic rings. The second-order valence-corrected chi connectivity index (χ2v) is 4.84. The van der Waals surface area contributed by atoms with Crippen molar-refractivity contribution >= 4 is 23.4 Å². The van der Waals surface area contributed by atoms with Gasteiger partial charge in [-0.05, 0) is 23.8 Å². The molecular weight excluding hydrogens is 288 g/mol. The lowest BCUT2D eigenvalue weighted by atomic mass is 10.1. The first kappa shape index (κ1) is 13.4. The Morgan fingerprint density at radius 3 is 2.67 bits per heavy atom. The number of halogens is 1. The van der Waals surface area contributed by atoms with E-state index in [0.717, 1.165) is 11.1 Å². The zero-order chi connectivity index (χ0) is 14.7. The van der Waals surface area contributed by atoms with Gasteiger partial charge in [-0.25, -0.2) is 0 Å². The van der Waals surface area contributed by atoms with Crippen LogP contribution in [0, 0.1) is 0 Å². The maximum Gasteiger partial charge on any atom is 0.258 e. The van der Waals surface area contributed by atoms with Gasteiger partial charge in [0.05, 0.1) is 11.8 Å². The molecule has 2 aromatic carbocycles. The number of carbonyl (C=O) groups excluding carboxylic acids is 1. The summed E-state index contributed by atoms with van der Waals surface area (Å²) < 4.78 is 5.13. The third kappa shape index (κ3) is 2.95. The minimum absolute atomic E-state index is 0.300. The first-order valence-electron chi connectivity index (χ1n) is 6.31. The molecule has 4 nitrogen and oxygen atoms in total. The number of hydrogen-bond donors (Lipinski definition) is 1. The van der Waals surface area contributed by atoms with Gasteiger partial charge >= 0.3 is 0 Å². The van der Waals surface area contributed by atoms with E-state index in [2.05, 4.69) is 10.5 Å². The van der Waals surface area contributed by atoms with Gasteiger partial charge in [-0.1, -0.05) is 53.2 Å². The monoisotopic (exact) mass is 298 g/mol. The van der Waals surface area contributed by atoms with Crippen LogP contribution in [0.2, 0.25) is 5.02 Å². The van der Waals surface area contributed by atoms with Crippen molar-refractivity contribution in [2.45, 2.75) is 0 Å². The van der Waals surface area contributed by atoms with Crippen LogP contribution in [-0.2, 0) is 0 Å². The van der Waals surface area contributed by atoms with Crippen molar-refractivity contribution in [1.29, 1.82) is 0 Å². The summed E-state index contributed by atoms with van der Waals surface area (Å²) in [6.07, 6.45) is 1.57. The molecule has 104 valence electrons. The van der Waals surface area contributed by atoms with Crippen LogP contribution in [0.3, 0.4) is 0 Å². The summed E-state index contributed by atoms with van der Waals surface area (Å²) in [5, 5.41) is 6.96. The van der Waals surface area contributed by atoms with E-state index >= 15 is 0 Å². The molecule has 1 heterocycles. The first-order valence-corrected chi connectivity index (χ1v) is 6.69. The smallest absolute Gasteiger partial charge is 0.258 e. The molecule has 0 unspecified atom stereocenters. The second kappa shape index (κ2) is 5.81. The van der Waals surface area contributed by atoms with Crippen LogP contribution in [0.15, 0.2) is 65.3 Å². The van der Waals surface area contributed by atoms with Crippen LogP contribution in [0.1, 0.15) is 10.4 Å². The summed E-state index contributed by atoms with van der Waals surface area (Å²) in [7, 11) is 0. The number of amides is 1. The Hall–Kier alpha value is -2.59. The molecule has 0 aliphatic heterocycles. The van der Waals surface area contributed by atoms with Gasteiger partial charge in [0.25, 0.3) is 5.91 Å². The van der Waals surface area contributed by atoms with E-state index < -0.39 is 0 Å². The molecule has 0 radical (unpaired) electrons. The number of nitrogens with zero attached hydrogens (tertiary/aromatic N) is 1. The SMILES string of the molecule is O=C(Nc1oncc1-c1ccccc1)c1cccc(Cl)c1. The van der Waals surface area contributed by atoms with Gasteiger partial charge in [0.1, 0.15) is 0 Å². The zero-order valence-corrected chi connectivity index (χ0v) is 11.7. The highest BCUT2D eigenvalue weighted by Gasteiger charge is 2.14. The standard InChI is InChI=1S/C16H11ClN2O2/c17-13-8-4-7-12(9-13)15(20)19-16-14(10-18-21-16)11-5-2-1-3-6-11/h1-10H,(H,19,20). The molecule has 1 N–H and O–H groups in total. The van der Waals surface area contributed by atoms with Gasteiger partial charge in [-0.2, -0.15) is 0 Å². The fourth-order valence-electron chi connectivity index (χ4n) is 1.96. The number of nitrogens with one attached hydrogen (secondary N) is 1. The molecule has 0 atom stereocenters. The van der Waals surface area contributed by atoms with Gasteiger partial charge in [-0.3, -0.25) is 10.1 Å². The normalized spacial score (nSPS) is 10.3. The topological polar surface area (TPSA) is 55.1 Å². The minimum atomic E-state index is -0.300. The van der Waals surface area contributed by atoms with Gasteiger partial charge < -0.3 is 4.52 Å². The summed E-state index contributed by atoms with van der Waals surface area (Å²) in [4.78, 5) is 12.2. The Labute approximate surface area is 126 Å². The quantitative estimate of drug-likeness (QED) is 0.786. The van der Waals surface area contributed by atoms with Gasteiger partial charge in [0, 0.05) is 10.6 Å². The number of hydrogen-bond acceptors (Lipinski definition) is 3. The molecule has 3 rings (SSSR count). The Bertz CT molecular complexity index is 769. The molecule has 1 aromatic heterocycles. The van der Waals surface area contributed by atoms with Gasteiger partial charge in [0.15, 0.2) is 0 Å². The third-order valence-corrected chi connectivity index (χ3v) is 3.20. The predicted molar refractivity (Wildman–Crippen MR) is 81.3 cm³/mol. The van der Waals surface area contributed by atoms with Gasteiger partial charge in [0.2, 0.25) is 5.88 Å². The molecule has 0 saturated carbocycles.